The molecule has 0 saturated heterocycles. The van der Waals surface area contributed by atoms with Gasteiger partial charge in [0, 0.05) is 6.42 Å². The van der Waals surface area contributed by atoms with Crippen LogP contribution >= 0.6 is 0 Å². The van der Waals surface area contributed by atoms with Gasteiger partial charge in [0.15, 0.2) is 0 Å². The quantitative estimate of drug-likeness (QED) is 0.485. The molecule has 4 N–H and O–H groups in total. The molecule has 4 nitrogen and oxygen atoms in total. The van der Waals surface area contributed by atoms with Crippen LogP contribution in [0.2, 0.25) is 0 Å². The van der Waals surface area contributed by atoms with Gasteiger partial charge in [-0.25, -0.2) is 0 Å². The number of hydrogen-bond donors (Lipinski definition) is 4. The van der Waals surface area contributed by atoms with Crippen molar-refractivity contribution in [2.75, 3.05) is 0 Å². The van der Waals surface area contributed by atoms with Crippen LogP contribution in [0.1, 0.15) is 91.9 Å². The summed E-state index contributed by atoms with van der Waals surface area (Å²) in [5.41, 5.74) is 1.82. The van der Waals surface area contributed by atoms with Crippen molar-refractivity contribution in [3.8, 4) is 0 Å². The van der Waals surface area contributed by atoms with Crippen LogP contribution in [-0.2, 0) is 0 Å². The van der Waals surface area contributed by atoms with E-state index in [2.05, 4.69) is 25.7 Å². The van der Waals surface area contributed by atoms with Gasteiger partial charge in [-0.1, -0.05) is 31.2 Å². The number of rotatable bonds is 6. The summed E-state index contributed by atoms with van der Waals surface area (Å²) in [5, 5.41) is 41.6. The first-order valence-electron chi connectivity index (χ1n) is 12.2. The van der Waals surface area contributed by atoms with E-state index in [0.29, 0.717) is 25.2 Å². The lowest BCUT2D eigenvalue weighted by molar-refractivity contribution is -0.0680. The van der Waals surface area contributed by atoms with Crippen LogP contribution in [0.3, 0.4) is 0 Å². The van der Waals surface area contributed by atoms with E-state index in [1.807, 2.05) is 20.8 Å². The summed E-state index contributed by atoms with van der Waals surface area (Å²) >= 11 is 0. The molecule has 0 aromatic carbocycles. The first kappa shape index (κ1) is 24.7. The van der Waals surface area contributed by atoms with Gasteiger partial charge in [-0.3, -0.25) is 0 Å². The summed E-state index contributed by atoms with van der Waals surface area (Å²) in [5.74, 6) is 0.729. The molecule has 3 aliphatic rings. The lowest BCUT2D eigenvalue weighted by Crippen LogP contribution is -2.45. The Morgan fingerprint density at radius 3 is 2.48 bits per heavy atom. The predicted molar refractivity (Wildman–Crippen MR) is 125 cm³/mol. The van der Waals surface area contributed by atoms with Crippen molar-refractivity contribution in [1.82, 2.24) is 0 Å². The molecule has 4 heteroatoms. The van der Waals surface area contributed by atoms with Gasteiger partial charge >= 0.3 is 0 Å². The maximum absolute atomic E-state index is 11.4. The molecule has 176 valence electrons. The van der Waals surface area contributed by atoms with E-state index >= 15 is 0 Å². The zero-order valence-electron chi connectivity index (χ0n) is 20.0. The minimum Gasteiger partial charge on any atom is -0.393 e. The molecule has 0 radical (unpaired) electrons. The van der Waals surface area contributed by atoms with E-state index in [4.69, 9.17) is 0 Å². The van der Waals surface area contributed by atoms with Gasteiger partial charge in [-0.2, -0.15) is 0 Å². The summed E-state index contributed by atoms with van der Waals surface area (Å²) in [6.45, 7) is 12.1. The molecule has 3 saturated carbocycles. The van der Waals surface area contributed by atoms with E-state index in [1.165, 1.54) is 5.57 Å². The molecule has 1 unspecified atom stereocenters. The van der Waals surface area contributed by atoms with E-state index < -0.39 is 23.4 Å². The zero-order chi connectivity index (χ0) is 23.0. The zero-order valence-corrected chi connectivity index (χ0v) is 20.0. The highest BCUT2D eigenvalue weighted by Gasteiger charge is 2.54. The van der Waals surface area contributed by atoms with Crippen molar-refractivity contribution in [1.29, 1.82) is 0 Å². The van der Waals surface area contributed by atoms with Crippen LogP contribution in [0, 0.1) is 17.3 Å². The standard InChI is InChI=1S/C27H44O4/c1-18-20(16-21(28)17-23(18)29)10-9-19-8-6-14-26(4)22(19)11-12-24(26)27(5,31)15-7-13-25(2,3)30/h9-10,21-24,28-31H,1,6-8,11-17H2,2-5H3/b19-9+,20-10-/t21-,22+,23?,24+,26+,27+/m1/s1. The van der Waals surface area contributed by atoms with Gasteiger partial charge in [-0.15, -0.1) is 0 Å². The van der Waals surface area contributed by atoms with E-state index in [1.54, 1.807) is 0 Å². The predicted octanol–water partition coefficient (Wildman–Crippen LogP) is 4.82. The molecule has 0 bridgehead atoms. The molecule has 3 aliphatic carbocycles. The highest BCUT2D eigenvalue weighted by atomic mass is 16.3. The molecule has 31 heavy (non-hydrogen) atoms. The van der Waals surface area contributed by atoms with Gasteiger partial charge < -0.3 is 20.4 Å². The fraction of sp³-hybridized carbons (Fsp3) is 0.778. The first-order chi connectivity index (χ1) is 14.3. The molecule has 3 fully saturated rings. The van der Waals surface area contributed by atoms with Gasteiger partial charge in [-0.05, 0) is 107 Å². The summed E-state index contributed by atoms with van der Waals surface area (Å²) in [4.78, 5) is 0. The Labute approximate surface area is 188 Å². The third kappa shape index (κ3) is 5.52. The molecule has 0 amide bonds. The van der Waals surface area contributed by atoms with Crippen molar-refractivity contribution in [3.05, 3.63) is 35.5 Å². The molecular weight excluding hydrogens is 388 g/mol. The SMILES string of the molecule is C=C1/C(=C\C=C2/CCC[C@@]3(C)[C@H]2CC[C@@H]3[C@@](C)(O)CCCC(C)(C)O)C[C@@H](O)CC1O. The smallest absolute Gasteiger partial charge is 0.0811 e. The van der Waals surface area contributed by atoms with Crippen LogP contribution in [0.4, 0.5) is 0 Å². The molecular formula is C27H44O4. The van der Waals surface area contributed by atoms with Crippen molar-refractivity contribution in [2.45, 2.75) is 115 Å². The number of hydrogen-bond acceptors (Lipinski definition) is 4. The van der Waals surface area contributed by atoms with Crippen LogP contribution in [-0.4, -0.2) is 43.8 Å². The van der Waals surface area contributed by atoms with Crippen molar-refractivity contribution >= 4 is 0 Å². The minimum atomic E-state index is -0.721. The van der Waals surface area contributed by atoms with Gasteiger partial charge in [0.25, 0.3) is 0 Å². The maximum Gasteiger partial charge on any atom is 0.0811 e. The van der Waals surface area contributed by atoms with Crippen molar-refractivity contribution in [3.63, 3.8) is 0 Å². The average Bonchev–Trinajstić information content (AvgIpc) is 3.00. The number of allylic oxidation sites excluding steroid dienone is 3. The number of aliphatic hydroxyl groups is 4. The molecule has 0 aliphatic heterocycles. The Balaban J connectivity index is 1.75. The number of fused-ring (bicyclic) bond motifs is 1. The lowest BCUT2D eigenvalue weighted by atomic mass is 9.59. The second-order valence-corrected chi connectivity index (χ2v) is 11.6. The summed E-state index contributed by atoms with van der Waals surface area (Å²) in [6.07, 6.45) is 11.8. The number of aliphatic hydroxyl groups excluding tert-OH is 2. The Bertz CT molecular complexity index is 726. The average molecular weight is 433 g/mol. The molecule has 3 rings (SSSR count). The van der Waals surface area contributed by atoms with Crippen molar-refractivity contribution < 1.29 is 20.4 Å². The molecule has 0 heterocycles. The highest BCUT2D eigenvalue weighted by Crippen LogP contribution is 2.60. The van der Waals surface area contributed by atoms with E-state index in [-0.39, 0.29) is 11.3 Å². The Morgan fingerprint density at radius 2 is 1.81 bits per heavy atom. The molecule has 0 aromatic heterocycles. The fourth-order valence-corrected chi connectivity index (χ4v) is 6.78. The molecule has 6 atom stereocenters. The van der Waals surface area contributed by atoms with Crippen LogP contribution < -0.4 is 0 Å². The lowest BCUT2D eigenvalue weighted by Gasteiger charge is -2.47. The van der Waals surface area contributed by atoms with E-state index in [0.717, 1.165) is 56.1 Å². The topological polar surface area (TPSA) is 80.9 Å². The maximum atomic E-state index is 11.4. The van der Waals surface area contributed by atoms with Gasteiger partial charge in [0.2, 0.25) is 0 Å². The second kappa shape index (κ2) is 9.13. The Kier molecular flexibility index (Phi) is 7.27. The van der Waals surface area contributed by atoms with Crippen LogP contribution in [0.5, 0.6) is 0 Å². The van der Waals surface area contributed by atoms with E-state index in [9.17, 15) is 20.4 Å². The largest absolute Gasteiger partial charge is 0.393 e. The van der Waals surface area contributed by atoms with Gasteiger partial charge in [0.1, 0.15) is 0 Å². The molecule has 0 aromatic rings. The van der Waals surface area contributed by atoms with Gasteiger partial charge in [0.05, 0.1) is 23.4 Å². The Morgan fingerprint density at radius 1 is 1.10 bits per heavy atom. The third-order valence-electron chi connectivity index (χ3n) is 8.45. The normalized spacial score (nSPS) is 39.0. The van der Waals surface area contributed by atoms with Crippen molar-refractivity contribution in [2.24, 2.45) is 17.3 Å². The minimum absolute atomic E-state index is 0.0867. The van der Waals surface area contributed by atoms with Crippen LogP contribution in [0.25, 0.3) is 0 Å². The monoisotopic (exact) mass is 432 g/mol. The fourth-order valence-electron chi connectivity index (χ4n) is 6.78. The second-order valence-electron chi connectivity index (χ2n) is 11.6. The summed E-state index contributed by atoms with van der Waals surface area (Å²) in [7, 11) is 0. The van der Waals surface area contributed by atoms with Crippen LogP contribution in [0.15, 0.2) is 35.5 Å². The summed E-state index contributed by atoms with van der Waals surface area (Å²) in [6, 6.07) is 0. The molecule has 0 spiro atoms. The highest BCUT2D eigenvalue weighted by molar-refractivity contribution is 5.38. The third-order valence-corrected chi connectivity index (χ3v) is 8.45. The first-order valence-corrected chi connectivity index (χ1v) is 12.2. The summed E-state index contributed by atoms with van der Waals surface area (Å²) < 4.78 is 0. The Hall–Kier alpha value is -0.940.